The van der Waals surface area contributed by atoms with Crippen molar-refractivity contribution >= 4 is 34.6 Å². The number of allylic oxidation sites excluding steroid dienone is 1. The fourth-order valence-corrected chi connectivity index (χ4v) is 3.33. The van der Waals surface area contributed by atoms with E-state index in [-0.39, 0.29) is 0 Å². The van der Waals surface area contributed by atoms with Crippen molar-refractivity contribution in [2.45, 2.75) is 13.8 Å². The normalized spacial score (nSPS) is 11.3. The van der Waals surface area contributed by atoms with Gasteiger partial charge in [-0.05, 0) is 54.8 Å². The summed E-state index contributed by atoms with van der Waals surface area (Å²) in [5.74, 6) is 0. The summed E-state index contributed by atoms with van der Waals surface area (Å²) in [4.78, 5) is 4.64. The molecule has 0 spiro atoms. The third-order valence-electron chi connectivity index (χ3n) is 3.82. The quantitative estimate of drug-likeness (QED) is 0.531. The first kappa shape index (κ1) is 16.4. The Labute approximate surface area is 150 Å². The number of nitriles is 1. The molecule has 24 heavy (non-hydrogen) atoms. The summed E-state index contributed by atoms with van der Waals surface area (Å²) in [6.07, 6.45) is 1.81. The molecule has 3 aromatic rings. The van der Waals surface area contributed by atoms with Crippen LogP contribution in [0.2, 0.25) is 5.02 Å². The number of thiazole rings is 1. The number of hydrogen-bond donors (Lipinski definition) is 0. The van der Waals surface area contributed by atoms with E-state index in [4.69, 9.17) is 11.6 Å². The zero-order valence-electron chi connectivity index (χ0n) is 13.4. The predicted molar refractivity (Wildman–Crippen MR) is 102 cm³/mol. The summed E-state index contributed by atoms with van der Waals surface area (Å²) in [5.41, 5.74) is 5.88. The summed E-state index contributed by atoms with van der Waals surface area (Å²) in [6, 6.07) is 15.9. The van der Waals surface area contributed by atoms with Crippen LogP contribution < -0.4 is 0 Å². The van der Waals surface area contributed by atoms with Crippen molar-refractivity contribution in [1.82, 2.24) is 4.98 Å². The van der Waals surface area contributed by atoms with Crippen LogP contribution >= 0.6 is 22.9 Å². The minimum Gasteiger partial charge on any atom is -0.235 e. The Balaban J connectivity index is 1.96. The zero-order valence-corrected chi connectivity index (χ0v) is 14.9. The predicted octanol–water partition coefficient (Wildman–Crippen LogP) is 6.14. The monoisotopic (exact) mass is 350 g/mol. The molecule has 0 unspecified atom stereocenters. The SMILES string of the molecule is Cc1ccc(-c2csc(/C(C#N)=C\c3cccc(Cl)c3)n2)cc1C. The van der Waals surface area contributed by atoms with Gasteiger partial charge >= 0.3 is 0 Å². The molecule has 0 atom stereocenters. The molecule has 3 rings (SSSR count). The highest BCUT2D eigenvalue weighted by atomic mass is 35.5. The number of aromatic nitrogens is 1. The highest BCUT2D eigenvalue weighted by Gasteiger charge is 2.10. The van der Waals surface area contributed by atoms with Crippen molar-refractivity contribution in [3.63, 3.8) is 0 Å². The first-order chi connectivity index (χ1) is 11.6. The molecule has 0 aliphatic rings. The Morgan fingerprint density at radius 1 is 1.17 bits per heavy atom. The maximum atomic E-state index is 9.49. The van der Waals surface area contributed by atoms with E-state index < -0.39 is 0 Å². The van der Waals surface area contributed by atoms with Gasteiger partial charge in [0.25, 0.3) is 0 Å². The Bertz CT molecular complexity index is 964. The molecule has 0 saturated carbocycles. The number of nitrogens with zero attached hydrogens (tertiary/aromatic N) is 2. The number of rotatable bonds is 3. The maximum Gasteiger partial charge on any atom is 0.134 e. The average Bonchev–Trinajstić information content (AvgIpc) is 3.05. The van der Waals surface area contributed by atoms with Crippen molar-refractivity contribution in [2.24, 2.45) is 0 Å². The van der Waals surface area contributed by atoms with E-state index in [1.165, 1.54) is 22.5 Å². The van der Waals surface area contributed by atoms with Crippen LogP contribution in [0.5, 0.6) is 0 Å². The second-order valence-electron chi connectivity index (χ2n) is 5.56. The first-order valence-corrected chi connectivity index (χ1v) is 8.73. The molecule has 0 amide bonds. The average molecular weight is 351 g/mol. The largest absolute Gasteiger partial charge is 0.235 e. The van der Waals surface area contributed by atoms with Gasteiger partial charge in [-0.25, -0.2) is 4.98 Å². The number of halogens is 1. The Hall–Kier alpha value is -2.41. The molecule has 0 bridgehead atoms. The van der Waals surface area contributed by atoms with Crippen LogP contribution in [0.1, 0.15) is 21.7 Å². The van der Waals surface area contributed by atoms with E-state index in [2.05, 4.69) is 43.1 Å². The second-order valence-corrected chi connectivity index (χ2v) is 6.86. The molecule has 1 aromatic heterocycles. The third-order valence-corrected chi connectivity index (χ3v) is 4.93. The van der Waals surface area contributed by atoms with Crippen LogP contribution in [0.4, 0.5) is 0 Å². The van der Waals surface area contributed by atoms with E-state index >= 15 is 0 Å². The summed E-state index contributed by atoms with van der Waals surface area (Å²) < 4.78 is 0. The van der Waals surface area contributed by atoms with Crippen molar-refractivity contribution in [1.29, 1.82) is 5.26 Å². The molecular weight excluding hydrogens is 336 g/mol. The van der Waals surface area contributed by atoms with Gasteiger partial charge in [0.2, 0.25) is 0 Å². The molecule has 0 saturated heterocycles. The van der Waals surface area contributed by atoms with E-state index in [9.17, 15) is 5.26 Å². The lowest BCUT2D eigenvalue weighted by Gasteiger charge is -2.02. The van der Waals surface area contributed by atoms with E-state index in [1.54, 1.807) is 0 Å². The standard InChI is InChI=1S/C20H15ClN2S/c1-13-6-7-16(8-14(13)2)19-12-24-20(23-19)17(11-22)9-15-4-3-5-18(21)10-15/h3-10,12H,1-2H3/b17-9-. The van der Waals surface area contributed by atoms with Gasteiger partial charge in [0, 0.05) is 16.0 Å². The lowest BCUT2D eigenvalue weighted by atomic mass is 10.1. The van der Waals surface area contributed by atoms with Gasteiger partial charge in [0.1, 0.15) is 11.1 Å². The Morgan fingerprint density at radius 2 is 2.00 bits per heavy atom. The first-order valence-electron chi connectivity index (χ1n) is 7.48. The van der Waals surface area contributed by atoms with Crippen LogP contribution in [-0.2, 0) is 0 Å². The molecule has 118 valence electrons. The van der Waals surface area contributed by atoms with Crippen molar-refractivity contribution in [2.75, 3.05) is 0 Å². The smallest absolute Gasteiger partial charge is 0.134 e. The molecule has 4 heteroatoms. The molecule has 0 radical (unpaired) electrons. The highest BCUT2D eigenvalue weighted by Crippen LogP contribution is 2.28. The minimum absolute atomic E-state index is 0.539. The lowest BCUT2D eigenvalue weighted by Crippen LogP contribution is -1.85. The minimum atomic E-state index is 0.539. The summed E-state index contributed by atoms with van der Waals surface area (Å²) in [5, 5.41) is 12.8. The third kappa shape index (κ3) is 3.56. The Kier molecular flexibility index (Phi) is 4.80. The van der Waals surface area contributed by atoms with Crippen LogP contribution in [0.15, 0.2) is 47.8 Å². The van der Waals surface area contributed by atoms with Gasteiger partial charge in [0.15, 0.2) is 0 Å². The molecule has 0 aliphatic heterocycles. The topological polar surface area (TPSA) is 36.7 Å². The van der Waals surface area contributed by atoms with Gasteiger partial charge < -0.3 is 0 Å². The molecule has 2 aromatic carbocycles. The van der Waals surface area contributed by atoms with Gasteiger partial charge in [-0.15, -0.1) is 11.3 Å². The number of aryl methyl sites for hydroxylation is 2. The van der Waals surface area contributed by atoms with E-state index in [0.717, 1.165) is 16.8 Å². The zero-order chi connectivity index (χ0) is 17.1. The maximum absolute atomic E-state index is 9.49. The molecular formula is C20H15ClN2S. The Morgan fingerprint density at radius 3 is 2.71 bits per heavy atom. The number of benzene rings is 2. The summed E-state index contributed by atoms with van der Waals surface area (Å²) in [6.45, 7) is 4.18. The van der Waals surface area contributed by atoms with E-state index in [0.29, 0.717) is 15.6 Å². The summed E-state index contributed by atoms with van der Waals surface area (Å²) in [7, 11) is 0. The summed E-state index contributed by atoms with van der Waals surface area (Å²) >= 11 is 7.48. The van der Waals surface area contributed by atoms with Crippen molar-refractivity contribution in [3.8, 4) is 17.3 Å². The van der Waals surface area contributed by atoms with Gasteiger partial charge in [-0.3, -0.25) is 0 Å². The van der Waals surface area contributed by atoms with E-state index in [1.807, 2.05) is 35.7 Å². The number of hydrogen-bond acceptors (Lipinski definition) is 3. The fourth-order valence-electron chi connectivity index (χ4n) is 2.34. The van der Waals surface area contributed by atoms with Gasteiger partial charge in [-0.1, -0.05) is 35.9 Å². The highest BCUT2D eigenvalue weighted by molar-refractivity contribution is 7.11. The van der Waals surface area contributed by atoms with Crippen molar-refractivity contribution < 1.29 is 0 Å². The van der Waals surface area contributed by atoms with Crippen LogP contribution in [0.3, 0.4) is 0 Å². The second kappa shape index (κ2) is 7.00. The van der Waals surface area contributed by atoms with Crippen LogP contribution in [0, 0.1) is 25.2 Å². The van der Waals surface area contributed by atoms with Crippen molar-refractivity contribution in [3.05, 3.63) is 74.6 Å². The molecule has 0 fully saturated rings. The molecule has 0 aliphatic carbocycles. The molecule has 1 heterocycles. The molecule has 2 nitrogen and oxygen atoms in total. The fraction of sp³-hybridized carbons (Fsp3) is 0.100. The lowest BCUT2D eigenvalue weighted by molar-refractivity contribution is 1.32. The van der Waals surface area contributed by atoms with Gasteiger partial charge in [-0.2, -0.15) is 5.26 Å². The van der Waals surface area contributed by atoms with Gasteiger partial charge in [0.05, 0.1) is 11.3 Å². The van der Waals surface area contributed by atoms with Crippen LogP contribution in [-0.4, -0.2) is 4.98 Å². The molecule has 0 N–H and O–H groups in total. The van der Waals surface area contributed by atoms with Crippen LogP contribution in [0.25, 0.3) is 22.9 Å².